The van der Waals surface area contributed by atoms with Gasteiger partial charge in [-0.05, 0) is 20.8 Å². The third-order valence-corrected chi connectivity index (χ3v) is 2.61. The molecular weight excluding hydrogens is 188 g/mol. The highest BCUT2D eigenvalue weighted by Crippen LogP contribution is 2.42. The van der Waals surface area contributed by atoms with Gasteiger partial charge in [0.25, 0.3) is 0 Å². The first-order valence-electron chi connectivity index (χ1n) is 4.55. The van der Waals surface area contributed by atoms with Crippen LogP contribution in [0, 0.1) is 0 Å². The molecule has 5 heteroatoms. The lowest BCUT2D eigenvalue weighted by molar-refractivity contribution is -0.222. The molecule has 2 saturated heterocycles. The van der Waals surface area contributed by atoms with Crippen LogP contribution in [-0.4, -0.2) is 41.3 Å². The molecule has 0 aromatic rings. The highest BCUT2D eigenvalue weighted by atomic mass is 16.8. The fraction of sp³-hybridized carbons (Fsp3) is 0.889. The van der Waals surface area contributed by atoms with Gasteiger partial charge in [0.2, 0.25) is 0 Å². The van der Waals surface area contributed by atoms with E-state index in [1.54, 1.807) is 13.8 Å². The molecule has 0 bridgehead atoms. The molecule has 0 aliphatic carbocycles. The van der Waals surface area contributed by atoms with E-state index in [2.05, 4.69) is 0 Å². The molecule has 3 unspecified atom stereocenters. The zero-order valence-corrected chi connectivity index (χ0v) is 8.39. The Hall–Kier alpha value is -0.490. The third kappa shape index (κ3) is 1.28. The van der Waals surface area contributed by atoms with Crippen molar-refractivity contribution in [3.63, 3.8) is 0 Å². The lowest BCUT2D eigenvalue weighted by Gasteiger charge is -2.27. The Labute approximate surface area is 81.9 Å². The molecule has 2 fully saturated rings. The minimum Gasteiger partial charge on any atom is -0.384 e. The van der Waals surface area contributed by atoms with Crippen LogP contribution < -0.4 is 0 Å². The van der Waals surface area contributed by atoms with Gasteiger partial charge in [-0.15, -0.1) is 0 Å². The first-order valence-corrected chi connectivity index (χ1v) is 4.55. The van der Waals surface area contributed by atoms with E-state index in [-0.39, 0.29) is 0 Å². The smallest absolute Gasteiger partial charge is 0.191 e. The van der Waals surface area contributed by atoms with Gasteiger partial charge in [-0.2, -0.15) is 0 Å². The summed E-state index contributed by atoms with van der Waals surface area (Å²) in [5.74, 6) is -0.771. The monoisotopic (exact) mass is 202 g/mol. The zero-order valence-electron chi connectivity index (χ0n) is 8.39. The second kappa shape index (κ2) is 2.76. The van der Waals surface area contributed by atoms with E-state index in [9.17, 15) is 9.90 Å². The molecule has 0 radical (unpaired) electrons. The Bertz CT molecular complexity index is 260. The van der Waals surface area contributed by atoms with Crippen molar-refractivity contribution in [2.75, 3.05) is 0 Å². The lowest BCUT2D eigenvalue weighted by Crippen LogP contribution is -2.46. The van der Waals surface area contributed by atoms with E-state index in [4.69, 9.17) is 14.2 Å². The van der Waals surface area contributed by atoms with Gasteiger partial charge in [0.15, 0.2) is 18.4 Å². The van der Waals surface area contributed by atoms with Gasteiger partial charge in [-0.3, -0.25) is 0 Å². The summed E-state index contributed by atoms with van der Waals surface area (Å²) in [6.45, 7) is 4.99. The summed E-state index contributed by atoms with van der Waals surface area (Å²) in [4.78, 5) is 10.6. The zero-order chi connectivity index (χ0) is 10.6. The highest BCUT2D eigenvalue weighted by molar-refractivity contribution is 5.59. The molecule has 1 N–H and O–H groups in total. The molecule has 2 rings (SSSR count). The Kier molecular flexibility index (Phi) is 1.98. The first kappa shape index (κ1) is 10.0. The van der Waals surface area contributed by atoms with Crippen molar-refractivity contribution in [1.29, 1.82) is 0 Å². The fourth-order valence-electron chi connectivity index (χ4n) is 1.84. The van der Waals surface area contributed by atoms with Crippen LogP contribution in [0.2, 0.25) is 0 Å². The minimum absolute atomic E-state index is 0.567. The van der Waals surface area contributed by atoms with Crippen LogP contribution in [-0.2, 0) is 19.0 Å². The van der Waals surface area contributed by atoms with E-state index in [0.29, 0.717) is 6.29 Å². The molecule has 0 aromatic heterocycles. The molecule has 80 valence electrons. The summed E-state index contributed by atoms with van der Waals surface area (Å²) >= 11 is 0. The van der Waals surface area contributed by atoms with Crippen molar-refractivity contribution in [2.45, 2.75) is 50.7 Å². The van der Waals surface area contributed by atoms with Crippen molar-refractivity contribution >= 4 is 6.29 Å². The number of ether oxygens (including phenoxy) is 3. The van der Waals surface area contributed by atoms with E-state index in [0.717, 1.165) is 0 Å². The van der Waals surface area contributed by atoms with E-state index >= 15 is 0 Å². The number of hydrogen-bond donors (Lipinski definition) is 1. The van der Waals surface area contributed by atoms with Gasteiger partial charge in [-0.1, -0.05) is 0 Å². The van der Waals surface area contributed by atoms with Gasteiger partial charge < -0.3 is 24.1 Å². The summed E-state index contributed by atoms with van der Waals surface area (Å²) in [5, 5.41) is 10.00. The molecule has 2 aliphatic rings. The van der Waals surface area contributed by atoms with E-state index < -0.39 is 29.9 Å². The van der Waals surface area contributed by atoms with Crippen LogP contribution >= 0.6 is 0 Å². The van der Waals surface area contributed by atoms with Crippen molar-refractivity contribution in [2.24, 2.45) is 0 Å². The second-order valence-electron chi connectivity index (χ2n) is 4.34. The number of aliphatic hydroxyl groups is 1. The van der Waals surface area contributed by atoms with E-state index in [1.165, 1.54) is 6.92 Å². The SMILES string of the molecule is CC1(C)OC2OC(C=O)[C@@](C)(O)C2O1. The van der Waals surface area contributed by atoms with Gasteiger partial charge in [0.05, 0.1) is 0 Å². The molecule has 5 nitrogen and oxygen atoms in total. The second-order valence-corrected chi connectivity index (χ2v) is 4.34. The van der Waals surface area contributed by atoms with Crippen molar-refractivity contribution in [1.82, 2.24) is 0 Å². The molecule has 0 aromatic carbocycles. The minimum atomic E-state index is -1.32. The summed E-state index contributed by atoms with van der Waals surface area (Å²) in [6.07, 6.45) is -1.57. The number of fused-ring (bicyclic) bond motifs is 1. The van der Waals surface area contributed by atoms with Crippen LogP contribution in [0.5, 0.6) is 0 Å². The van der Waals surface area contributed by atoms with Crippen LogP contribution in [0.3, 0.4) is 0 Å². The molecule has 0 saturated carbocycles. The molecule has 2 aliphatic heterocycles. The van der Waals surface area contributed by atoms with E-state index in [1.807, 2.05) is 0 Å². The number of carbonyl (C=O) groups is 1. The van der Waals surface area contributed by atoms with Crippen molar-refractivity contribution in [3.8, 4) is 0 Å². The quantitative estimate of drug-likeness (QED) is 0.597. The molecule has 14 heavy (non-hydrogen) atoms. The maximum atomic E-state index is 10.6. The van der Waals surface area contributed by atoms with Gasteiger partial charge >= 0.3 is 0 Å². The summed E-state index contributed by atoms with van der Waals surface area (Å²) < 4.78 is 16.1. The van der Waals surface area contributed by atoms with Crippen molar-refractivity contribution in [3.05, 3.63) is 0 Å². The average Bonchev–Trinajstić information content (AvgIpc) is 2.45. The van der Waals surface area contributed by atoms with Gasteiger partial charge in [-0.25, -0.2) is 0 Å². The first-order chi connectivity index (χ1) is 6.37. The maximum Gasteiger partial charge on any atom is 0.191 e. The Morgan fingerprint density at radius 2 is 1.93 bits per heavy atom. The Balaban J connectivity index is 2.22. The Morgan fingerprint density at radius 1 is 1.29 bits per heavy atom. The topological polar surface area (TPSA) is 65.0 Å². The summed E-state index contributed by atoms with van der Waals surface area (Å²) in [7, 11) is 0. The molecule has 4 atom stereocenters. The third-order valence-electron chi connectivity index (χ3n) is 2.61. The fourth-order valence-corrected chi connectivity index (χ4v) is 1.84. The van der Waals surface area contributed by atoms with Crippen LogP contribution in [0.1, 0.15) is 20.8 Å². The number of carbonyl (C=O) groups excluding carboxylic acids is 1. The predicted octanol–water partition coefficient (Wildman–Crippen LogP) is -0.187. The lowest BCUT2D eigenvalue weighted by atomic mass is 9.96. The standard InChI is InChI=1S/C9H14O5/c1-8(2)13-6-7(14-8)12-5(4-10)9(6,3)11/h4-7,11H,1-3H3/t5?,6?,7?,9-/m1/s1. The normalized spacial score (nSPS) is 50.4. The van der Waals surface area contributed by atoms with Crippen molar-refractivity contribution < 1.29 is 24.1 Å². The number of rotatable bonds is 1. The van der Waals surface area contributed by atoms with Gasteiger partial charge in [0, 0.05) is 0 Å². The maximum absolute atomic E-state index is 10.6. The molecule has 0 spiro atoms. The molecule has 2 heterocycles. The summed E-state index contributed by atoms with van der Waals surface area (Å²) in [5.41, 5.74) is -1.32. The summed E-state index contributed by atoms with van der Waals surface area (Å²) in [6, 6.07) is 0. The molecule has 0 amide bonds. The van der Waals surface area contributed by atoms with Crippen LogP contribution in [0.4, 0.5) is 0 Å². The number of aldehydes is 1. The highest BCUT2D eigenvalue weighted by Gasteiger charge is 2.60. The molecular formula is C9H14O5. The average molecular weight is 202 g/mol. The van der Waals surface area contributed by atoms with Crippen LogP contribution in [0.25, 0.3) is 0 Å². The number of hydrogen-bond acceptors (Lipinski definition) is 5. The van der Waals surface area contributed by atoms with Gasteiger partial charge in [0.1, 0.15) is 17.8 Å². The van der Waals surface area contributed by atoms with Crippen LogP contribution in [0.15, 0.2) is 0 Å². The Morgan fingerprint density at radius 3 is 2.43 bits per heavy atom. The largest absolute Gasteiger partial charge is 0.384 e. The predicted molar refractivity (Wildman–Crippen MR) is 45.4 cm³/mol.